The fraction of sp³-hybridized carbons (Fsp3) is 0.900. The maximum Gasteiger partial charge on any atom is 0.311 e. The molecule has 0 N–H and O–H groups in total. The molecule has 0 aromatic heterocycles. The van der Waals surface area contributed by atoms with Crippen molar-refractivity contribution >= 4 is 19.8 Å². The lowest BCUT2D eigenvalue weighted by Gasteiger charge is -2.27. The van der Waals surface area contributed by atoms with Gasteiger partial charge in [-0.25, -0.2) is 0 Å². The Morgan fingerprint density at radius 2 is 1.30 bits per heavy atom. The molecule has 1 atom stereocenters. The van der Waals surface area contributed by atoms with E-state index in [4.69, 9.17) is 9.26 Å². The van der Waals surface area contributed by atoms with Crippen LogP contribution in [-0.4, -0.2) is 71.0 Å². The second-order valence-corrected chi connectivity index (χ2v) is 10.6. The number of phosphoric acid groups is 1. The Morgan fingerprint density at radius 3 is 1.67 bits per heavy atom. The van der Waals surface area contributed by atoms with E-state index in [-0.39, 0.29) is 37.2 Å². The summed E-state index contributed by atoms with van der Waals surface area (Å²) in [6.07, 6.45) is 1.46. The number of quaternary nitrogens is 1. The van der Waals surface area contributed by atoms with Crippen LogP contribution in [0.15, 0.2) is 0 Å². The van der Waals surface area contributed by atoms with Crippen molar-refractivity contribution in [2.75, 3.05) is 54.6 Å². The van der Waals surface area contributed by atoms with Crippen molar-refractivity contribution in [3.05, 3.63) is 0 Å². The van der Waals surface area contributed by atoms with Gasteiger partial charge in [0.1, 0.15) is 19.8 Å². The molecule has 9 nitrogen and oxygen atoms in total. The summed E-state index contributed by atoms with van der Waals surface area (Å²) in [7, 11) is 2.86. The van der Waals surface area contributed by atoms with Crippen LogP contribution in [0.1, 0.15) is 54.4 Å². The highest BCUT2D eigenvalue weighted by molar-refractivity contribution is 7.45. The first-order valence-electron chi connectivity index (χ1n) is 10.1. The van der Waals surface area contributed by atoms with Gasteiger partial charge in [0.05, 0.1) is 45.7 Å². The Labute approximate surface area is 182 Å². The van der Waals surface area contributed by atoms with Crippen molar-refractivity contribution in [1.29, 1.82) is 0 Å². The summed E-state index contributed by atoms with van der Waals surface area (Å²) in [5, 5.41) is 0. The van der Waals surface area contributed by atoms with Crippen molar-refractivity contribution in [2.45, 2.75) is 54.4 Å². The third-order valence-electron chi connectivity index (χ3n) is 4.64. The molecule has 0 aliphatic carbocycles. The molecule has 0 saturated heterocycles. The molecule has 180 valence electrons. The largest absolute Gasteiger partial charge is 0.756 e. The number of hydrogen-bond acceptors (Lipinski definition) is 8. The molecule has 0 aliphatic heterocycles. The Balaban J connectivity index is 0. The number of nitrogens with zero attached hydrogens (tertiary/aromatic N) is 1. The molecule has 0 heterocycles. The quantitative estimate of drug-likeness (QED) is 0.191. The summed E-state index contributed by atoms with van der Waals surface area (Å²) < 4.78 is 30.9. The molecule has 10 heteroatoms. The first kappa shape index (κ1) is 31.2. The van der Waals surface area contributed by atoms with Gasteiger partial charge in [-0.1, -0.05) is 13.8 Å². The average molecular weight is 456 g/mol. The highest BCUT2D eigenvalue weighted by Gasteiger charge is 2.27. The molecule has 1 unspecified atom stereocenters. The van der Waals surface area contributed by atoms with E-state index in [1.54, 1.807) is 13.8 Å². The number of esters is 2. The van der Waals surface area contributed by atoms with E-state index >= 15 is 0 Å². The van der Waals surface area contributed by atoms with E-state index in [9.17, 15) is 19.0 Å². The van der Waals surface area contributed by atoms with E-state index < -0.39 is 13.2 Å². The summed E-state index contributed by atoms with van der Waals surface area (Å²) in [6, 6.07) is 0. The third-order valence-corrected chi connectivity index (χ3v) is 5.63. The standard InChI is InChI=1S/C13H28NO6P.C7H14O2/c1-7-13(2,3)12(15)18-10-11-20-21(16,17)19-9-8-14(4,5)6;1-5-7(2,3)6(8)9-4/h7-11H2,1-6H3;5H2,1-4H3. The number of phosphoric ester groups is 1. The molecule has 0 spiro atoms. The Hall–Kier alpha value is -0.990. The van der Waals surface area contributed by atoms with Gasteiger partial charge < -0.3 is 27.9 Å². The lowest BCUT2D eigenvalue weighted by molar-refractivity contribution is -0.870. The SMILES string of the molecule is CCC(C)(C)C(=O)OC.CCC(C)(C)C(=O)OCCOP(=O)([O-])OCC[N+](C)(C)C. The maximum atomic E-state index is 11.6. The first-order valence-corrected chi connectivity index (χ1v) is 11.6. The van der Waals surface area contributed by atoms with E-state index in [0.717, 1.165) is 6.42 Å². The number of ether oxygens (including phenoxy) is 2. The summed E-state index contributed by atoms with van der Waals surface area (Å²) in [6.45, 7) is 11.4. The summed E-state index contributed by atoms with van der Waals surface area (Å²) in [5.41, 5.74) is -0.892. The average Bonchev–Trinajstić information content (AvgIpc) is 2.63. The minimum absolute atomic E-state index is 0.0485. The van der Waals surface area contributed by atoms with Gasteiger partial charge in [-0.3, -0.25) is 14.2 Å². The Bertz CT molecular complexity index is 570. The number of rotatable bonds is 12. The molecule has 0 aliphatic rings. The minimum atomic E-state index is -4.34. The maximum absolute atomic E-state index is 11.6. The van der Waals surface area contributed by atoms with Crippen LogP contribution in [0.3, 0.4) is 0 Å². The molecule has 0 saturated carbocycles. The molecule has 30 heavy (non-hydrogen) atoms. The van der Waals surface area contributed by atoms with Crippen LogP contribution in [0, 0.1) is 10.8 Å². The fourth-order valence-electron chi connectivity index (χ4n) is 1.51. The predicted molar refractivity (Wildman–Crippen MR) is 114 cm³/mol. The molecule has 0 aromatic carbocycles. The molecule has 0 bridgehead atoms. The van der Waals surface area contributed by atoms with E-state index in [1.807, 2.05) is 48.8 Å². The smallest absolute Gasteiger partial charge is 0.311 e. The van der Waals surface area contributed by atoms with Crippen molar-refractivity contribution in [3.63, 3.8) is 0 Å². The zero-order valence-corrected chi connectivity index (χ0v) is 21.3. The van der Waals surface area contributed by atoms with Crippen LogP contribution in [0.4, 0.5) is 0 Å². The van der Waals surface area contributed by atoms with Crippen LogP contribution in [-0.2, 0) is 32.7 Å². The van der Waals surface area contributed by atoms with Gasteiger partial charge in [-0.05, 0) is 40.5 Å². The van der Waals surface area contributed by atoms with Crippen molar-refractivity contribution < 1.29 is 42.1 Å². The highest BCUT2D eigenvalue weighted by Crippen LogP contribution is 2.37. The fourth-order valence-corrected chi connectivity index (χ4v) is 2.19. The van der Waals surface area contributed by atoms with Gasteiger partial charge in [0, 0.05) is 0 Å². The minimum Gasteiger partial charge on any atom is -0.756 e. The van der Waals surface area contributed by atoms with Gasteiger partial charge in [0.25, 0.3) is 7.82 Å². The van der Waals surface area contributed by atoms with Crippen LogP contribution in [0.2, 0.25) is 0 Å². The zero-order chi connectivity index (χ0) is 24.2. The second kappa shape index (κ2) is 13.4. The molecule has 0 aromatic rings. The third kappa shape index (κ3) is 14.9. The van der Waals surface area contributed by atoms with Crippen LogP contribution >= 0.6 is 7.82 Å². The summed E-state index contributed by atoms with van der Waals surface area (Å²) in [5.74, 6) is -0.509. The van der Waals surface area contributed by atoms with Crippen LogP contribution in [0.5, 0.6) is 0 Å². The van der Waals surface area contributed by atoms with Gasteiger partial charge >= 0.3 is 11.9 Å². The van der Waals surface area contributed by atoms with Crippen LogP contribution in [0.25, 0.3) is 0 Å². The number of methoxy groups -OCH3 is 1. The predicted octanol–water partition coefficient (Wildman–Crippen LogP) is 2.77. The number of carbonyl (C=O) groups excluding carboxylic acids is 2. The lowest BCUT2D eigenvalue weighted by Crippen LogP contribution is -2.37. The molecular weight excluding hydrogens is 413 g/mol. The number of hydrogen-bond donors (Lipinski definition) is 0. The van der Waals surface area contributed by atoms with Crippen molar-refractivity contribution in [2.24, 2.45) is 10.8 Å². The van der Waals surface area contributed by atoms with Gasteiger partial charge in [0.2, 0.25) is 0 Å². The van der Waals surface area contributed by atoms with Gasteiger partial charge in [-0.15, -0.1) is 0 Å². The van der Waals surface area contributed by atoms with Gasteiger partial charge in [-0.2, -0.15) is 0 Å². The molecule has 0 rings (SSSR count). The van der Waals surface area contributed by atoms with Crippen molar-refractivity contribution in [1.82, 2.24) is 0 Å². The van der Waals surface area contributed by atoms with E-state index in [1.165, 1.54) is 7.11 Å². The molecule has 0 fully saturated rings. The van der Waals surface area contributed by atoms with Crippen molar-refractivity contribution in [3.8, 4) is 0 Å². The van der Waals surface area contributed by atoms with E-state index in [0.29, 0.717) is 17.4 Å². The number of likely N-dealkylation sites (N-methyl/N-ethyl adjacent to an activating group) is 1. The number of carbonyl (C=O) groups is 2. The molecule has 0 amide bonds. The Kier molecular flexibility index (Phi) is 14.0. The Morgan fingerprint density at radius 1 is 0.867 bits per heavy atom. The molecule has 0 radical (unpaired) electrons. The van der Waals surface area contributed by atoms with Gasteiger partial charge in [0.15, 0.2) is 0 Å². The molecular formula is C20H42NO8P. The topological polar surface area (TPSA) is 111 Å². The zero-order valence-electron chi connectivity index (χ0n) is 20.4. The highest BCUT2D eigenvalue weighted by atomic mass is 31.2. The normalized spacial score (nSPS) is 14.2. The lowest BCUT2D eigenvalue weighted by atomic mass is 9.91. The first-order chi connectivity index (χ1) is 13.4. The summed E-state index contributed by atoms with van der Waals surface area (Å²) >= 11 is 0. The van der Waals surface area contributed by atoms with Crippen LogP contribution < -0.4 is 4.89 Å². The summed E-state index contributed by atoms with van der Waals surface area (Å²) in [4.78, 5) is 33.9. The monoisotopic (exact) mass is 455 g/mol. The second-order valence-electron chi connectivity index (χ2n) is 9.23. The van der Waals surface area contributed by atoms with E-state index in [2.05, 4.69) is 9.26 Å².